The number of rotatable bonds is 3. The van der Waals surface area contributed by atoms with E-state index in [0.29, 0.717) is 18.1 Å². The van der Waals surface area contributed by atoms with Crippen molar-refractivity contribution in [3.05, 3.63) is 46.0 Å². The van der Waals surface area contributed by atoms with Crippen LogP contribution in [0, 0.1) is 0 Å². The van der Waals surface area contributed by atoms with Crippen molar-refractivity contribution in [3.8, 4) is 0 Å². The van der Waals surface area contributed by atoms with Crippen LogP contribution in [0.5, 0.6) is 0 Å². The third-order valence-corrected chi connectivity index (χ3v) is 4.02. The number of hydrogen-bond donors (Lipinski definition) is 1. The normalized spacial score (nSPS) is 22.8. The van der Waals surface area contributed by atoms with E-state index < -0.39 is 0 Å². The summed E-state index contributed by atoms with van der Waals surface area (Å²) in [6, 6.07) is 8.05. The zero-order valence-electron chi connectivity index (χ0n) is 10.4. The molecule has 1 aromatic carbocycles. The Hall–Kier alpha value is -1.20. The number of aliphatic hydroxyl groups excluding tert-OH is 1. The predicted molar refractivity (Wildman–Crippen MR) is 73.8 cm³/mol. The number of aliphatic hydroxyl groups is 1. The summed E-state index contributed by atoms with van der Waals surface area (Å²) in [5, 5.41) is 13.9. The lowest BCUT2D eigenvalue weighted by atomic mass is 10.1. The molecule has 1 heterocycles. The molecule has 5 heteroatoms. The molecular formula is C14H15BrN2O2. The summed E-state index contributed by atoms with van der Waals surface area (Å²) in [5.41, 5.74) is 1.13. The van der Waals surface area contributed by atoms with E-state index in [4.69, 9.17) is 4.52 Å². The maximum atomic E-state index is 9.84. The second kappa shape index (κ2) is 5.43. The fraction of sp³-hybridized carbons (Fsp3) is 0.429. The van der Waals surface area contributed by atoms with Crippen molar-refractivity contribution >= 4 is 15.9 Å². The van der Waals surface area contributed by atoms with Gasteiger partial charge in [-0.1, -0.05) is 33.2 Å². The molecule has 4 nitrogen and oxygen atoms in total. The van der Waals surface area contributed by atoms with Crippen molar-refractivity contribution in [1.29, 1.82) is 0 Å². The van der Waals surface area contributed by atoms with E-state index in [1.165, 1.54) is 0 Å². The second-order valence-corrected chi connectivity index (χ2v) is 5.88. The highest BCUT2D eigenvalue weighted by Gasteiger charge is 2.31. The molecule has 0 bridgehead atoms. The molecular weight excluding hydrogens is 308 g/mol. The van der Waals surface area contributed by atoms with E-state index in [1.807, 2.05) is 24.3 Å². The van der Waals surface area contributed by atoms with Crippen LogP contribution in [-0.2, 0) is 6.42 Å². The Labute approximate surface area is 120 Å². The predicted octanol–water partition coefficient (Wildman–Crippen LogP) is 3.05. The molecule has 2 atom stereocenters. The van der Waals surface area contributed by atoms with Crippen LogP contribution >= 0.6 is 15.9 Å². The Kier molecular flexibility index (Phi) is 3.66. The molecule has 0 spiro atoms. The Bertz CT molecular complexity index is 570. The second-order valence-electron chi connectivity index (χ2n) is 4.96. The van der Waals surface area contributed by atoms with Gasteiger partial charge in [0.2, 0.25) is 5.89 Å². The first-order valence-corrected chi connectivity index (χ1v) is 7.26. The fourth-order valence-electron chi connectivity index (χ4n) is 2.55. The van der Waals surface area contributed by atoms with Crippen molar-refractivity contribution < 1.29 is 9.63 Å². The molecule has 1 N–H and O–H groups in total. The van der Waals surface area contributed by atoms with Gasteiger partial charge in [0.15, 0.2) is 5.82 Å². The Morgan fingerprint density at radius 3 is 3.00 bits per heavy atom. The van der Waals surface area contributed by atoms with Gasteiger partial charge in [-0.3, -0.25) is 0 Å². The van der Waals surface area contributed by atoms with Gasteiger partial charge >= 0.3 is 0 Å². The minimum Gasteiger partial charge on any atom is -0.392 e. The maximum Gasteiger partial charge on any atom is 0.232 e. The average molecular weight is 323 g/mol. The monoisotopic (exact) mass is 322 g/mol. The third-order valence-electron chi connectivity index (χ3n) is 3.53. The molecule has 0 aliphatic heterocycles. The van der Waals surface area contributed by atoms with Gasteiger partial charge in [0.1, 0.15) is 0 Å². The van der Waals surface area contributed by atoms with Crippen LogP contribution in [0.1, 0.15) is 42.5 Å². The van der Waals surface area contributed by atoms with Crippen molar-refractivity contribution in [2.24, 2.45) is 0 Å². The van der Waals surface area contributed by atoms with Crippen LogP contribution in [-0.4, -0.2) is 21.4 Å². The van der Waals surface area contributed by atoms with Gasteiger partial charge in [0.05, 0.1) is 12.0 Å². The summed E-state index contributed by atoms with van der Waals surface area (Å²) in [6.45, 7) is 0. The zero-order chi connectivity index (χ0) is 13.2. The maximum absolute atomic E-state index is 9.84. The quantitative estimate of drug-likeness (QED) is 0.943. The van der Waals surface area contributed by atoms with Gasteiger partial charge in [-0.2, -0.15) is 4.98 Å². The Morgan fingerprint density at radius 1 is 1.37 bits per heavy atom. The van der Waals surface area contributed by atoms with Gasteiger partial charge in [-0.15, -0.1) is 0 Å². The number of nitrogens with zero attached hydrogens (tertiary/aromatic N) is 2. The molecule has 2 unspecified atom stereocenters. The minimum absolute atomic E-state index is 0.0174. The van der Waals surface area contributed by atoms with Crippen LogP contribution in [0.15, 0.2) is 33.3 Å². The molecule has 1 aromatic heterocycles. The highest BCUT2D eigenvalue weighted by Crippen LogP contribution is 2.33. The van der Waals surface area contributed by atoms with Gasteiger partial charge < -0.3 is 9.63 Å². The smallest absolute Gasteiger partial charge is 0.232 e. The highest BCUT2D eigenvalue weighted by atomic mass is 79.9. The highest BCUT2D eigenvalue weighted by molar-refractivity contribution is 9.10. The van der Waals surface area contributed by atoms with Crippen molar-refractivity contribution in [3.63, 3.8) is 0 Å². The molecule has 1 aliphatic rings. The van der Waals surface area contributed by atoms with E-state index >= 15 is 0 Å². The molecule has 3 rings (SSSR count). The van der Waals surface area contributed by atoms with E-state index in [0.717, 1.165) is 29.3 Å². The van der Waals surface area contributed by atoms with E-state index in [-0.39, 0.29) is 12.0 Å². The first-order valence-electron chi connectivity index (χ1n) is 6.47. The minimum atomic E-state index is -0.334. The zero-order valence-corrected chi connectivity index (χ0v) is 12.0. The molecule has 2 aromatic rings. The number of hydrogen-bond acceptors (Lipinski definition) is 4. The summed E-state index contributed by atoms with van der Waals surface area (Å²) < 4.78 is 6.33. The standard InChI is InChI=1S/C14H15BrN2O2/c15-10-4-1-3-9(7-10)8-13-16-14(19-17-13)11-5-2-6-12(11)18/h1,3-4,7,11-12,18H,2,5-6,8H2. The van der Waals surface area contributed by atoms with Crippen LogP contribution in [0.3, 0.4) is 0 Å². The molecule has 100 valence electrons. The van der Waals surface area contributed by atoms with Gasteiger partial charge in [0, 0.05) is 10.9 Å². The van der Waals surface area contributed by atoms with Crippen molar-refractivity contribution in [1.82, 2.24) is 10.1 Å². The lowest BCUT2D eigenvalue weighted by Gasteiger charge is -2.07. The summed E-state index contributed by atoms with van der Waals surface area (Å²) >= 11 is 3.45. The lowest BCUT2D eigenvalue weighted by molar-refractivity contribution is 0.148. The lowest BCUT2D eigenvalue weighted by Crippen LogP contribution is -2.11. The molecule has 0 amide bonds. The number of aromatic nitrogens is 2. The summed E-state index contributed by atoms with van der Waals surface area (Å²) in [6.07, 6.45) is 3.09. The SMILES string of the molecule is OC1CCCC1c1nc(Cc2cccc(Br)c2)no1. The first kappa shape index (κ1) is 12.8. The van der Waals surface area contributed by atoms with Crippen molar-refractivity contribution in [2.45, 2.75) is 37.7 Å². The van der Waals surface area contributed by atoms with Gasteiger partial charge in [0.25, 0.3) is 0 Å². The van der Waals surface area contributed by atoms with E-state index in [1.54, 1.807) is 0 Å². The van der Waals surface area contributed by atoms with Gasteiger partial charge in [-0.25, -0.2) is 0 Å². The molecule has 0 radical (unpaired) electrons. The molecule has 1 fully saturated rings. The molecule has 19 heavy (non-hydrogen) atoms. The molecule has 1 saturated carbocycles. The largest absolute Gasteiger partial charge is 0.392 e. The van der Waals surface area contributed by atoms with Crippen LogP contribution in [0.2, 0.25) is 0 Å². The van der Waals surface area contributed by atoms with Crippen LogP contribution in [0.25, 0.3) is 0 Å². The first-order chi connectivity index (χ1) is 9.22. The molecule has 0 saturated heterocycles. The number of halogens is 1. The van der Waals surface area contributed by atoms with Crippen molar-refractivity contribution in [2.75, 3.05) is 0 Å². The third kappa shape index (κ3) is 2.87. The van der Waals surface area contributed by atoms with E-state index in [2.05, 4.69) is 26.1 Å². The average Bonchev–Trinajstić information content (AvgIpc) is 2.98. The fourth-order valence-corrected chi connectivity index (χ4v) is 2.99. The summed E-state index contributed by atoms with van der Waals surface area (Å²) in [4.78, 5) is 4.41. The van der Waals surface area contributed by atoms with E-state index in [9.17, 15) is 5.11 Å². The van der Waals surface area contributed by atoms with Gasteiger partial charge in [-0.05, 0) is 37.0 Å². The summed E-state index contributed by atoms with van der Waals surface area (Å²) in [5.74, 6) is 1.27. The Balaban J connectivity index is 1.74. The number of benzene rings is 1. The molecule has 1 aliphatic carbocycles. The summed E-state index contributed by atoms with van der Waals surface area (Å²) in [7, 11) is 0. The van der Waals surface area contributed by atoms with Crippen LogP contribution in [0.4, 0.5) is 0 Å². The Morgan fingerprint density at radius 2 is 2.26 bits per heavy atom. The topological polar surface area (TPSA) is 59.2 Å². The van der Waals surface area contributed by atoms with Crippen LogP contribution < -0.4 is 0 Å².